The second-order valence-corrected chi connectivity index (χ2v) is 8.08. The fourth-order valence-electron chi connectivity index (χ4n) is 4.16. The van der Waals surface area contributed by atoms with Crippen LogP contribution in [0.25, 0.3) is 0 Å². The zero-order chi connectivity index (χ0) is 17.4. The van der Waals surface area contributed by atoms with Gasteiger partial charge in [-0.3, -0.25) is 14.3 Å². The summed E-state index contributed by atoms with van der Waals surface area (Å²) in [5.41, 5.74) is 0.874. The van der Waals surface area contributed by atoms with Crippen LogP contribution in [0.4, 0.5) is 0 Å². The first-order valence-corrected chi connectivity index (χ1v) is 9.53. The molecule has 0 saturated carbocycles. The van der Waals surface area contributed by atoms with E-state index in [1.165, 1.54) is 0 Å². The van der Waals surface area contributed by atoms with Crippen LogP contribution in [-0.4, -0.2) is 45.1 Å². The van der Waals surface area contributed by atoms with Gasteiger partial charge in [0.15, 0.2) is 0 Å². The molecule has 4 rings (SSSR count). The molecular formula is C18H22N4O2S. The third kappa shape index (κ3) is 3.08. The predicted octanol–water partition coefficient (Wildman–Crippen LogP) is 1.69. The highest BCUT2D eigenvalue weighted by Crippen LogP contribution is 2.43. The van der Waals surface area contributed by atoms with Crippen LogP contribution in [0, 0.1) is 0 Å². The van der Waals surface area contributed by atoms with Crippen molar-refractivity contribution in [3.8, 4) is 0 Å². The van der Waals surface area contributed by atoms with Gasteiger partial charge in [0, 0.05) is 43.5 Å². The van der Waals surface area contributed by atoms with E-state index in [0.29, 0.717) is 25.9 Å². The van der Waals surface area contributed by atoms with E-state index >= 15 is 0 Å². The number of aromatic nitrogens is 2. The van der Waals surface area contributed by atoms with E-state index in [1.54, 1.807) is 16.0 Å². The molecule has 2 fully saturated rings. The minimum absolute atomic E-state index is 0.104. The maximum Gasteiger partial charge on any atom is 0.227 e. The molecule has 1 N–H and O–H groups in total. The van der Waals surface area contributed by atoms with E-state index in [1.807, 2.05) is 41.9 Å². The molecule has 7 heteroatoms. The van der Waals surface area contributed by atoms with Crippen molar-refractivity contribution >= 4 is 23.2 Å². The fourth-order valence-corrected chi connectivity index (χ4v) is 4.85. The first kappa shape index (κ1) is 16.3. The summed E-state index contributed by atoms with van der Waals surface area (Å²) in [6.45, 7) is 1.39. The number of amides is 2. The molecule has 0 unspecified atom stereocenters. The Hall–Kier alpha value is -2.15. The van der Waals surface area contributed by atoms with Crippen molar-refractivity contribution in [2.45, 2.75) is 37.1 Å². The Labute approximate surface area is 150 Å². The van der Waals surface area contributed by atoms with E-state index in [0.717, 1.165) is 23.3 Å². The molecule has 2 saturated heterocycles. The van der Waals surface area contributed by atoms with Gasteiger partial charge in [-0.25, -0.2) is 0 Å². The number of hydrogen-bond acceptors (Lipinski definition) is 4. The van der Waals surface area contributed by atoms with Crippen molar-refractivity contribution in [2.75, 3.05) is 13.1 Å². The standard InChI is InChI=1S/C18H22N4O2S/c1-21-12-13(11-19-21)15-10-16(23)20-18(15)4-6-22(7-5-18)17(24)9-14-3-2-8-25-14/h2-3,8,11-12,15H,4-7,9-10H2,1H3,(H,20,23)/t15-/m1/s1. The fraction of sp³-hybridized carbons (Fsp3) is 0.500. The molecular weight excluding hydrogens is 336 g/mol. The van der Waals surface area contributed by atoms with Crippen molar-refractivity contribution < 1.29 is 9.59 Å². The molecule has 132 valence electrons. The Morgan fingerprint density at radius 2 is 2.24 bits per heavy atom. The van der Waals surface area contributed by atoms with Gasteiger partial charge < -0.3 is 10.2 Å². The highest BCUT2D eigenvalue weighted by atomic mass is 32.1. The van der Waals surface area contributed by atoms with Crippen molar-refractivity contribution in [1.82, 2.24) is 20.0 Å². The average molecular weight is 358 g/mol. The number of carbonyl (C=O) groups is 2. The molecule has 2 aromatic heterocycles. The van der Waals surface area contributed by atoms with Gasteiger partial charge in [-0.1, -0.05) is 6.07 Å². The van der Waals surface area contributed by atoms with Gasteiger partial charge in [-0.15, -0.1) is 11.3 Å². The maximum absolute atomic E-state index is 12.5. The summed E-state index contributed by atoms with van der Waals surface area (Å²) in [6.07, 6.45) is 6.45. The molecule has 0 aliphatic carbocycles. The smallest absolute Gasteiger partial charge is 0.227 e. The van der Waals surface area contributed by atoms with Gasteiger partial charge in [0.1, 0.15) is 0 Å². The summed E-state index contributed by atoms with van der Waals surface area (Å²) in [6, 6.07) is 3.98. The van der Waals surface area contributed by atoms with Gasteiger partial charge in [-0.05, 0) is 29.9 Å². The van der Waals surface area contributed by atoms with Gasteiger partial charge in [0.25, 0.3) is 0 Å². The maximum atomic E-state index is 12.5. The topological polar surface area (TPSA) is 67.2 Å². The third-order valence-corrected chi connectivity index (χ3v) is 6.36. The number of likely N-dealkylation sites (tertiary alicyclic amines) is 1. The summed E-state index contributed by atoms with van der Waals surface area (Å²) in [5, 5.41) is 9.48. The number of thiophene rings is 1. The zero-order valence-corrected chi connectivity index (χ0v) is 15.1. The summed E-state index contributed by atoms with van der Waals surface area (Å²) in [7, 11) is 1.90. The molecule has 25 heavy (non-hydrogen) atoms. The quantitative estimate of drug-likeness (QED) is 0.908. The molecule has 0 bridgehead atoms. The number of nitrogens with zero attached hydrogens (tertiary/aromatic N) is 3. The summed E-state index contributed by atoms with van der Waals surface area (Å²) in [5.74, 6) is 0.426. The van der Waals surface area contributed by atoms with Crippen LogP contribution in [0.2, 0.25) is 0 Å². The molecule has 0 radical (unpaired) electrons. The lowest BCUT2D eigenvalue weighted by molar-refractivity contribution is -0.132. The number of hydrogen-bond donors (Lipinski definition) is 1. The van der Waals surface area contributed by atoms with E-state index in [4.69, 9.17) is 0 Å². The van der Waals surface area contributed by atoms with Crippen LogP contribution in [0.1, 0.15) is 35.6 Å². The molecule has 2 aliphatic rings. The molecule has 1 atom stereocenters. The summed E-state index contributed by atoms with van der Waals surface area (Å²) < 4.78 is 1.78. The zero-order valence-electron chi connectivity index (χ0n) is 14.3. The van der Waals surface area contributed by atoms with Gasteiger partial charge in [0.05, 0.1) is 18.2 Å². The second kappa shape index (κ2) is 6.29. The Balaban J connectivity index is 1.45. The third-order valence-electron chi connectivity index (χ3n) is 5.49. The van der Waals surface area contributed by atoms with Crippen LogP contribution in [0.5, 0.6) is 0 Å². The van der Waals surface area contributed by atoms with E-state index < -0.39 is 0 Å². The SMILES string of the molecule is Cn1cc([C@H]2CC(=O)NC23CCN(C(=O)Cc2cccs2)CC3)cn1. The molecule has 0 aromatic carbocycles. The Kier molecular flexibility index (Phi) is 4.11. The highest BCUT2D eigenvalue weighted by Gasteiger charge is 2.49. The van der Waals surface area contributed by atoms with E-state index in [2.05, 4.69) is 10.4 Å². The summed E-state index contributed by atoms with van der Waals surface area (Å²) >= 11 is 1.62. The van der Waals surface area contributed by atoms with E-state index in [-0.39, 0.29) is 23.3 Å². The predicted molar refractivity (Wildman–Crippen MR) is 95.3 cm³/mol. The molecule has 2 aliphatic heterocycles. The Morgan fingerprint density at radius 3 is 2.88 bits per heavy atom. The normalized spacial score (nSPS) is 22.4. The molecule has 2 amide bonds. The lowest BCUT2D eigenvalue weighted by atomic mass is 9.75. The van der Waals surface area contributed by atoms with Crippen molar-refractivity contribution in [3.05, 3.63) is 40.3 Å². The van der Waals surface area contributed by atoms with Gasteiger partial charge >= 0.3 is 0 Å². The molecule has 2 aromatic rings. The van der Waals surface area contributed by atoms with Crippen LogP contribution in [-0.2, 0) is 23.1 Å². The lowest BCUT2D eigenvalue weighted by Gasteiger charge is -2.42. The monoisotopic (exact) mass is 358 g/mol. The number of rotatable bonds is 3. The van der Waals surface area contributed by atoms with Crippen molar-refractivity contribution in [1.29, 1.82) is 0 Å². The van der Waals surface area contributed by atoms with Crippen molar-refractivity contribution in [2.24, 2.45) is 7.05 Å². The van der Waals surface area contributed by atoms with Crippen molar-refractivity contribution in [3.63, 3.8) is 0 Å². The average Bonchev–Trinajstić information content (AvgIpc) is 3.30. The number of carbonyl (C=O) groups excluding carboxylic acids is 2. The number of nitrogens with one attached hydrogen (secondary N) is 1. The lowest BCUT2D eigenvalue weighted by Crippen LogP contribution is -2.54. The Bertz CT molecular complexity index is 775. The van der Waals surface area contributed by atoms with E-state index in [9.17, 15) is 9.59 Å². The van der Waals surface area contributed by atoms with Gasteiger partial charge in [0.2, 0.25) is 11.8 Å². The number of aryl methyl sites for hydroxylation is 1. The van der Waals surface area contributed by atoms with Crippen LogP contribution < -0.4 is 5.32 Å². The molecule has 4 heterocycles. The molecule has 1 spiro atoms. The van der Waals surface area contributed by atoms with Crippen LogP contribution in [0.3, 0.4) is 0 Å². The van der Waals surface area contributed by atoms with Crippen LogP contribution >= 0.6 is 11.3 Å². The largest absolute Gasteiger partial charge is 0.350 e. The van der Waals surface area contributed by atoms with Gasteiger partial charge in [-0.2, -0.15) is 5.10 Å². The van der Waals surface area contributed by atoms with Crippen LogP contribution in [0.15, 0.2) is 29.9 Å². The highest BCUT2D eigenvalue weighted by molar-refractivity contribution is 7.10. The second-order valence-electron chi connectivity index (χ2n) is 7.05. The minimum atomic E-state index is -0.236. The Morgan fingerprint density at radius 1 is 1.44 bits per heavy atom. The first-order valence-electron chi connectivity index (χ1n) is 8.65. The minimum Gasteiger partial charge on any atom is -0.350 e. The first-order chi connectivity index (χ1) is 12.1. The number of piperidine rings is 1. The summed E-state index contributed by atoms with van der Waals surface area (Å²) in [4.78, 5) is 27.7. The molecule has 6 nitrogen and oxygen atoms in total.